The molecular formula is C24H17N5O2. The third-order valence-electron chi connectivity index (χ3n) is 5.25. The highest BCUT2D eigenvalue weighted by Crippen LogP contribution is 2.36. The highest BCUT2D eigenvalue weighted by Gasteiger charge is 2.13. The Kier molecular flexibility index (Phi) is 4.38. The van der Waals surface area contributed by atoms with Gasteiger partial charge >= 0.3 is 0 Å². The SMILES string of the molecule is COc1cc(-c2ccc3ncc(C#N)c(Nc4cccc5[nH]ncc45)c3c2)ccc1O. The summed E-state index contributed by atoms with van der Waals surface area (Å²) in [6.45, 7) is 0. The lowest BCUT2D eigenvalue weighted by molar-refractivity contribution is 0.373. The van der Waals surface area contributed by atoms with Gasteiger partial charge < -0.3 is 15.2 Å². The number of hydrogen-bond acceptors (Lipinski definition) is 6. The van der Waals surface area contributed by atoms with Gasteiger partial charge in [-0.2, -0.15) is 10.4 Å². The standard InChI is InChI=1S/C24H17N5O2/c1-31-23-10-15(6-8-22(23)30)14-5-7-19-17(9-14)24(16(11-25)12-26-19)28-20-3-2-4-21-18(20)13-27-29-21/h2-10,12-13,30H,1H3,(H,26,28)(H,27,29). The molecule has 0 radical (unpaired) electrons. The zero-order chi connectivity index (χ0) is 21.4. The number of phenols is 1. The summed E-state index contributed by atoms with van der Waals surface area (Å²) in [5.41, 5.74) is 5.40. The van der Waals surface area contributed by atoms with Crippen LogP contribution in [0.4, 0.5) is 11.4 Å². The topological polar surface area (TPSA) is 107 Å². The lowest BCUT2D eigenvalue weighted by atomic mass is 10.0. The van der Waals surface area contributed by atoms with Crippen molar-refractivity contribution in [2.75, 3.05) is 12.4 Å². The maximum atomic E-state index is 9.91. The summed E-state index contributed by atoms with van der Waals surface area (Å²) < 4.78 is 5.24. The van der Waals surface area contributed by atoms with Gasteiger partial charge in [0.25, 0.3) is 0 Å². The van der Waals surface area contributed by atoms with Crippen LogP contribution in [-0.4, -0.2) is 27.4 Å². The van der Waals surface area contributed by atoms with E-state index >= 15 is 0 Å². The van der Waals surface area contributed by atoms with E-state index in [9.17, 15) is 10.4 Å². The molecule has 0 aliphatic rings. The number of nitrogens with zero attached hydrogens (tertiary/aromatic N) is 3. The lowest BCUT2D eigenvalue weighted by Crippen LogP contribution is -1.97. The predicted molar refractivity (Wildman–Crippen MR) is 119 cm³/mol. The van der Waals surface area contributed by atoms with Crippen molar-refractivity contribution in [3.8, 4) is 28.7 Å². The van der Waals surface area contributed by atoms with E-state index in [0.717, 1.165) is 38.6 Å². The Hall–Kier alpha value is -4.57. The summed E-state index contributed by atoms with van der Waals surface area (Å²) in [6, 6.07) is 19.1. The van der Waals surface area contributed by atoms with Crippen molar-refractivity contribution in [1.82, 2.24) is 15.2 Å². The molecule has 7 nitrogen and oxygen atoms in total. The van der Waals surface area contributed by atoms with Gasteiger partial charge in [0, 0.05) is 22.7 Å². The van der Waals surface area contributed by atoms with Gasteiger partial charge in [0.15, 0.2) is 11.5 Å². The Morgan fingerprint density at radius 2 is 1.87 bits per heavy atom. The number of nitrogens with one attached hydrogen (secondary N) is 2. The third kappa shape index (κ3) is 3.16. The van der Waals surface area contributed by atoms with Crippen LogP contribution in [0.25, 0.3) is 32.9 Å². The van der Waals surface area contributed by atoms with Crippen LogP contribution in [0.15, 0.2) is 67.0 Å². The fraction of sp³-hybridized carbons (Fsp3) is 0.0417. The largest absolute Gasteiger partial charge is 0.504 e. The van der Waals surface area contributed by atoms with Crippen molar-refractivity contribution in [3.63, 3.8) is 0 Å². The van der Waals surface area contributed by atoms with Gasteiger partial charge in [-0.3, -0.25) is 10.1 Å². The molecule has 2 aromatic heterocycles. The number of benzene rings is 3. The molecule has 0 unspecified atom stereocenters. The summed E-state index contributed by atoms with van der Waals surface area (Å²) in [4.78, 5) is 4.44. The molecule has 0 spiro atoms. The molecule has 7 heteroatoms. The van der Waals surface area contributed by atoms with Crippen LogP contribution in [-0.2, 0) is 0 Å². The molecule has 3 aromatic carbocycles. The van der Waals surface area contributed by atoms with E-state index in [2.05, 4.69) is 26.6 Å². The fourth-order valence-electron chi connectivity index (χ4n) is 3.66. The summed E-state index contributed by atoms with van der Waals surface area (Å²) >= 11 is 0. The first-order valence-corrected chi connectivity index (χ1v) is 9.57. The monoisotopic (exact) mass is 407 g/mol. The van der Waals surface area contributed by atoms with Gasteiger partial charge in [0.05, 0.1) is 35.6 Å². The molecule has 0 saturated heterocycles. The maximum absolute atomic E-state index is 9.91. The number of nitriles is 1. The molecule has 31 heavy (non-hydrogen) atoms. The highest BCUT2D eigenvalue weighted by atomic mass is 16.5. The molecule has 2 heterocycles. The van der Waals surface area contributed by atoms with E-state index in [0.29, 0.717) is 17.0 Å². The van der Waals surface area contributed by atoms with E-state index in [4.69, 9.17) is 4.74 Å². The highest BCUT2D eigenvalue weighted by molar-refractivity contribution is 6.01. The molecular weight excluding hydrogens is 390 g/mol. The van der Waals surface area contributed by atoms with Crippen LogP contribution in [0.2, 0.25) is 0 Å². The molecule has 0 bridgehead atoms. The molecule has 0 aliphatic heterocycles. The normalized spacial score (nSPS) is 10.8. The first kappa shape index (κ1) is 18.5. The molecule has 5 rings (SSSR count). The summed E-state index contributed by atoms with van der Waals surface area (Å²) in [6.07, 6.45) is 3.32. The van der Waals surface area contributed by atoms with Gasteiger partial charge in [-0.15, -0.1) is 0 Å². The second-order valence-electron chi connectivity index (χ2n) is 7.04. The van der Waals surface area contributed by atoms with Gasteiger partial charge in [-0.05, 0) is 47.5 Å². The zero-order valence-electron chi connectivity index (χ0n) is 16.5. The zero-order valence-corrected chi connectivity index (χ0v) is 16.5. The molecule has 0 amide bonds. The van der Waals surface area contributed by atoms with E-state index in [-0.39, 0.29) is 5.75 Å². The first-order chi connectivity index (χ1) is 15.2. The first-order valence-electron chi connectivity index (χ1n) is 9.57. The number of H-pyrrole nitrogens is 1. The van der Waals surface area contributed by atoms with Crippen molar-refractivity contribution in [2.45, 2.75) is 0 Å². The Morgan fingerprint density at radius 1 is 1.03 bits per heavy atom. The molecule has 0 fully saturated rings. The van der Waals surface area contributed by atoms with Gasteiger partial charge in [0.1, 0.15) is 6.07 Å². The number of methoxy groups -OCH3 is 1. The van der Waals surface area contributed by atoms with Crippen LogP contribution in [0, 0.1) is 11.3 Å². The molecule has 150 valence electrons. The van der Waals surface area contributed by atoms with Crippen molar-refractivity contribution in [3.05, 3.63) is 72.6 Å². The van der Waals surface area contributed by atoms with Crippen molar-refractivity contribution in [2.24, 2.45) is 0 Å². The summed E-state index contributed by atoms with van der Waals surface area (Å²) in [7, 11) is 1.51. The van der Waals surface area contributed by atoms with E-state index in [1.165, 1.54) is 7.11 Å². The van der Waals surface area contributed by atoms with Crippen molar-refractivity contribution >= 4 is 33.2 Å². The quantitative estimate of drug-likeness (QED) is 0.382. The molecule has 0 atom stereocenters. The molecule has 5 aromatic rings. The number of pyridine rings is 1. The van der Waals surface area contributed by atoms with Crippen molar-refractivity contribution in [1.29, 1.82) is 5.26 Å². The van der Waals surface area contributed by atoms with E-state index < -0.39 is 0 Å². The minimum absolute atomic E-state index is 0.0797. The van der Waals surface area contributed by atoms with Gasteiger partial charge in [0.2, 0.25) is 0 Å². The number of aromatic hydroxyl groups is 1. The third-order valence-corrected chi connectivity index (χ3v) is 5.25. The number of aromatic amines is 1. The molecule has 0 saturated carbocycles. The second-order valence-corrected chi connectivity index (χ2v) is 7.04. The number of fused-ring (bicyclic) bond motifs is 2. The van der Waals surface area contributed by atoms with Crippen LogP contribution in [0.3, 0.4) is 0 Å². The summed E-state index contributed by atoms with van der Waals surface area (Å²) in [5.74, 6) is 0.475. The van der Waals surface area contributed by atoms with Crippen molar-refractivity contribution < 1.29 is 9.84 Å². The molecule has 3 N–H and O–H groups in total. The van der Waals surface area contributed by atoms with Crippen LogP contribution < -0.4 is 10.1 Å². The number of hydrogen-bond donors (Lipinski definition) is 3. The Balaban J connectivity index is 1.69. The fourth-order valence-corrected chi connectivity index (χ4v) is 3.66. The molecule has 0 aliphatic carbocycles. The minimum atomic E-state index is 0.0797. The Morgan fingerprint density at radius 3 is 2.71 bits per heavy atom. The number of anilines is 2. The number of aromatic nitrogens is 3. The van der Waals surface area contributed by atoms with Crippen LogP contribution in [0.1, 0.15) is 5.56 Å². The predicted octanol–water partition coefficient (Wildman–Crippen LogP) is 5.11. The van der Waals surface area contributed by atoms with Crippen LogP contribution >= 0.6 is 0 Å². The van der Waals surface area contributed by atoms with E-state index in [1.807, 2.05) is 42.5 Å². The maximum Gasteiger partial charge on any atom is 0.161 e. The summed E-state index contributed by atoms with van der Waals surface area (Å²) in [5, 5.41) is 31.9. The second kappa shape index (κ2) is 7.35. The lowest BCUT2D eigenvalue weighted by Gasteiger charge is -2.14. The number of phenolic OH excluding ortho intramolecular Hbond substituents is 1. The number of rotatable bonds is 4. The minimum Gasteiger partial charge on any atom is -0.504 e. The Bertz CT molecular complexity index is 1480. The smallest absolute Gasteiger partial charge is 0.161 e. The van der Waals surface area contributed by atoms with Crippen LogP contribution in [0.5, 0.6) is 11.5 Å². The Labute approximate surface area is 177 Å². The average Bonchev–Trinajstić information content (AvgIpc) is 3.29. The number of ether oxygens (including phenoxy) is 1. The van der Waals surface area contributed by atoms with Gasteiger partial charge in [-0.25, -0.2) is 0 Å². The average molecular weight is 407 g/mol. The van der Waals surface area contributed by atoms with E-state index in [1.54, 1.807) is 24.5 Å². The van der Waals surface area contributed by atoms with Gasteiger partial charge in [-0.1, -0.05) is 18.2 Å².